The maximum absolute atomic E-state index is 12.2. The minimum atomic E-state index is -0.453. The largest absolute Gasteiger partial charge is 0.376 e. The maximum Gasteiger partial charge on any atom is 0.248 e. The first-order chi connectivity index (χ1) is 13.1. The lowest BCUT2D eigenvalue weighted by molar-refractivity contribution is -0.135. The van der Waals surface area contributed by atoms with E-state index in [4.69, 9.17) is 9.47 Å². The van der Waals surface area contributed by atoms with Gasteiger partial charge >= 0.3 is 0 Å². The number of benzene rings is 1. The molecule has 1 fully saturated rings. The third kappa shape index (κ3) is 6.13. The summed E-state index contributed by atoms with van der Waals surface area (Å²) in [6, 6.07) is 8.36. The predicted octanol–water partition coefficient (Wildman–Crippen LogP) is 3.75. The molecular formula is C21H28N2O3S. The van der Waals surface area contributed by atoms with Crippen molar-refractivity contribution in [3.8, 4) is 11.3 Å². The first kappa shape index (κ1) is 20.0. The Hall–Kier alpha value is -1.76. The quantitative estimate of drug-likeness (QED) is 0.748. The molecule has 0 bridgehead atoms. The Morgan fingerprint density at radius 3 is 2.85 bits per heavy atom. The molecule has 2 atom stereocenters. The van der Waals surface area contributed by atoms with Crippen molar-refractivity contribution < 1.29 is 14.3 Å². The summed E-state index contributed by atoms with van der Waals surface area (Å²) in [6.07, 6.45) is 3.79. The van der Waals surface area contributed by atoms with E-state index in [1.165, 1.54) is 12.0 Å². The smallest absolute Gasteiger partial charge is 0.248 e. The van der Waals surface area contributed by atoms with Gasteiger partial charge in [-0.3, -0.25) is 4.79 Å². The van der Waals surface area contributed by atoms with Gasteiger partial charge in [0.25, 0.3) is 0 Å². The molecule has 1 aliphatic heterocycles. The van der Waals surface area contributed by atoms with E-state index >= 15 is 0 Å². The highest BCUT2D eigenvalue weighted by Gasteiger charge is 2.18. The molecule has 1 aliphatic rings. The van der Waals surface area contributed by atoms with Crippen molar-refractivity contribution in [3.63, 3.8) is 0 Å². The number of ether oxygens (including phenoxy) is 2. The molecule has 5 nitrogen and oxygen atoms in total. The molecule has 1 saturated heterocycles. The first-order valence-electron chi connectivity index (χ1n) is 9.64. The van der Waals surface area contributed by atoms with Crippen molar-refractivity contribution in [2.75, 3.05) is 19.8 Å². The summed E-state index contributed by atoms with van der Waals surface area (Å²) >= 11 is 1.66. The molecule has 0 saturated carbocycles. The SMILES string of the molecule is Cc1nc(-c2ccc(CCNC(=O)C(C)OCC3CCCCO3)cc2)cs1. The summed E-state index contributed by atoms with van der Waals surface area (Å²) in [6.45, 7) is 5.70. The van der Waals surface area contributed by atoms with E-state index in [0.29, 0.717) is 13.2 Å². The van der Waals surface area contributed by atoms with Gasteiger partial charge in [0.05, 0.1) is 23.4 Å². The van der Waals surface area contributed by atoms with Gasteiger partial charge in [-0.05, 0) is 45.1 Å². The van der Waals surface area contributed by atoms with Crippen LogP contribution < -0.4 is 5.32 Å². The highest BCUT2D eigenvalue weighted by atomic mass is 32.1. The number of hydrogen-bond donors (Lipinski definition) is 1. The average molecular weight is 389 g/mol. The molecule has 1 N–H and O–H groups in total. The Labute approximate surface area is 165 Å². The molecule has 0 aliphatic carbocycles. The number of carbonyl (C=O) groups excluding carboxylic acids is 1. The van der Waals surface area contributed by atoms with Crippen LogP contribution in [0.5, 0.6) is 0 Å². The number of thiazole rings is 1. The van der Waals surface area contributed by atoms with Crippen LogP contribution in [0.25, 0.3) is 11.3 Å². The number of nitrogens with zero attached hydrogens (tertiary/aromatic N) is 1. The summed E-state index contributed by atoms with van der Waals surface area (Å²) in [7, 11) is 0. The molecule has 27 heavy (non-hydrogen) atoms. The second kappa shape index (κ2) is 9.97. The van der Waals surface area contributed by atoms with Crippen molar-refractivity contribution in [3.05, 3.63) is 40.2 Å². The average Bonchev–Trinajstić information content (AvgIpc) is 3.13. The lowest BCUT2D eigenvalue weighted by Gasteiger charge is -2.23. The zero-order chi connectivity index (χ0) is 19.1. The molecule has 0 radical (unpaired) electrons. The first-order valence-corrected chi connectivity index (χ1v) is 10.5. The Morgan fingerprint density at radius 2 is 2.19 bits per heavy atom. The molecule has 2 unspecified atom stereocenters. The van der Waals surface area contributed by atoms with Gasteiger partial charge in [-0.1, -0.05) is 24.3 Å². The van der Waals surface area contributed by atoms with Crippen LogP contribution in [0.1, 0.15) is 36.8 Å². The maximum atomic E-state index is 12.2. The molecule has 1 aromatic heterocycles. The fraction of sp³-hybridized carbons (Fsp3) is 0.524. The highest BCUT2D eigenvalue weighted by molar-refractivity contribution is 7.09. The number of carbonyl (C=O) groups is 1. The van der Waals surface area contributed by atoms with E-state index in [2.05, 4.69) is 39.9 Å². The zero-order valence-corrected chi connectivity index (χ0v) is 16.9. The van der Waals surface area contributed by atoms with Gasteiger partial charge in [0, 0.05) is 24.1 Å². The van der Waals surface area contributed by atoms with Crippen molar-refractivity contribution >= 4 is 17.2 Å². The van der Waals surface area contributed by atoms with Gasteiger partial charge in [-0.15, -0.1) is 11.3 Å². The predicted molar refractivity (Wildman–Crippen MR) is 108 cm³/mol. The molecule has 1 aromatic carbocycles. The van der Waals surface area contributed by atoms with Gasteiger partial charge in [0.1, 0.15) is 6.10 Å². The molecule has 2 aromatic rings. The van der Waals surface area contributed by atoms with E-state index in [9.17, 15) is 4.79 Å². The van der Waals surface area contributed by atoms with Crippen LogP contribution in [-0.4, -0.2) is 42.9 Å². The summed E-state index contributed by atoms with van der Waals surface area (Å²) < 4.78 is 11.3. The fourth-order valence-corrected chi connectivity index (χ4v) is 3.70. The molecule has 2 heterocycles. The van der Waals surface area contributed by atoms with Crippen LogP contribution in [0.4, 0.5) is 0 Å². The topological polar surface area (TPSA) is 60.5 Å². The molecule has 146 valence electrons. The van der Waals surface area contributed by atoms with E-state index in [-0.39, 0.29) is 12.0 Å². The zero-order valence-electron chi connectivity index (χ0n) is 16.1. The number of aromatic nitrogens is 1. The molecule has 3 rings (SSSR count). The molecule has 0 spiro atoms. The van der Waals surface area contributed by atoms with Crippen LogP contribution in [0.3, 0.4) is 0 Å². The van der Waals surface area contributed by atoms with Gasteiger partial charge in [-0.2, -0.15) is 0 Å². The summed E-state index contributed by atoms with van der Waals surface area (Å²) in [5.74, 6) is -0.0691. The second-order valence-electron chi connectivity index (χ2n) is 6.95. The van der Waals surface area contributed by atoms with Crippen LogP contribution >= 0.6 is 11.3 Å². The number of amides is 1. The number of aryl methyl sites for hydroxylation is 1. The normalized spacial score (nSPS) is 18.2. The Kier molecular flexibility index (Phi) is 7.38. The van der Waals surface area contributed by atoms with Gasteiger partial charge in [0.2, 0.25) is 5.91 Å². The summed E-state index contributed by atoms with van der Waals surface area (Å²) in [4.78, 5) is 16.7. The second-order valence-corrected chi connectivity index (χ2v) is 8.02. The van der Waals surface area contributed by atoms with Crippen LogP contribution in [-0.2, 0) is 20.7 Å². The third-order valence-corrected chi connectivity index (χ3v) is 5.53. The fourth-order valence-electron chi connectivity index (χ4n) is 3.08. The van der Waals surface area contributed by atoms with Gasteiger partial charge in [-0.25, -0.2) is 4.98 Å². The van der Waals surface area contributed by atoms with Gasteiger partial charge in [0.15, 0.2) is 0 Å². The van der Waals surface area contributed by atoms with Crippen molar-refractivity contribution in [1.82, 2.24) is 10.3 Å². The summed E-state index contributed by atoms with van der Waals surface area (Å²) in [5.41, 5.74) is 3.33. The summed E-state index contributed by atoms with van der Waals surface area (Å²) in [5, 5.41) is 6.10. The van der Waals surface area contributed by atoms with Crippen molar-refractivity contribution in [2.45, 2.75) is 51.7 Å². The number of hydrogen-bond acceptors (Lipinski definition) is 5. The van der Waals surface area contributed by atoms with E-state index in [0.717, 1.165) is 42.1 Å². The van der Waals surface area contributed by atoms with E-state index in [1.54, 1.807) is 18.3 Å². The van der Waals surface area contributed by atoms with E-state index in [1.807, 2.05) is 6.92 Å². The van der Waals surface area contributed by atoms with Crippen LogP contribution in [0.15, 0.2) is 29.6 Å². The van der Waals surface area contributed by atoms with Crippen molar-refractivity contribution in [1.29, 1.82) is 0 Å². The van der Waals surface area contributed by atoms with Crippen LogP contribution in [0.2, 0.25) is 0 Å². The minimum absolute atomic E-state index is 0.0691. The minimum Gasteiger partial charge on any atom is -0.376 e. The highest BCUT2D eigenvalue weighted by Crippen LogP contribution is 2.21. The lowest BCUT2D eigenvalue weighted by atomic mass is 10.1. The lowest BCUT2D eigenvalue weighted by Crippen LogP contribution is -2.37. The Balaban J connectivity index is 1.37. The number of rotatable bonds is 8. The molecule has 6 heteroatoms. The standard InChI is InChI=1S/C21H28N2O3S/c1-15(26-13-19-5-3-4-12-25-19)21(24)22-11-10-17-6-8-18(9-7-17)20-14-27-16(2)23-20/h6-9,14-15,19H,3-5,10-13H2,1-2H3,(H,22,24). The Morgan fingerprint density at radius 1 is 1.37 bits per heavy atom. The molecular weight excluding hydrogens is 360 g/mol. The van der Waals surface area contributed by atoms with Crippen LogP contribution in [0, 0.1) is 6.92 Å². The number of nitrogens with one attached hydrogen (secondary N) is 1. The van der Waals surface area contributed by atoms with Crippen molar-refractivity contribution in [2.24, 2.45) is 0 Å². The molecule has 1 amide bonds. The van der Waals surface area contributed by atoms with E-state index < -0.39 is 6.10 Å². The monoisotopic (exact) mass is 388 g/mol. The third-order valence-electron chi connectivity index (χ3n) is 4.76. The van der Waals surface area contributed by atoms with Gasteiger partial charge < -0.3 is 14.8 Å². The Bertz CT molecular complexity index is 723.